The third-order valence-electron chi connectivity index (χ3n) is 4.05. The lowest BCUT2D eigenvalue weighted by Gasteiger charge is -2.12. The Kier molecular flexibility index (Phi) is 10.5. The standard InChI is InChI=1S/C21H29N5O.HI/c1-5-22-21(24-14-18-10-9-15(2)13-16(18)3)23-12-11-20(27)26-19-8-6-7-17(4)25-19;/h6-10,13H,5,11-12,14H2,1-4H3,(H2,22,23,24)(H,25,26,27);1H. The monoisotopic (exact) mass is 495 g/mol. The van der Waals surface area contributed by atoms with Crippen LogP contribution < -0.4 is 16.0 Å². The third-order valence-corrected chi connectivity index (χ3v) is 4.05. The van der Waals surface area contributed by atoms with Gasteiger partial charge in [-0.25, -0.2) is 9.98 Å². The van der Waals surface area contributed by atoms with Gasteiger partial charge in [-0.15, -0.1) is 24.0 Å². The fraction of sp³-hybridized carbons (Fsp3) is 0.381. The van der Waals surface area contributed by atoms with Crippen LogP contribution in [-0.4, -0.2) is 29.9 Å². The summed E-state index contributed by atoms with van der Waals surface area (Å²) in [6, 6.07) is 11.9. The number of guanidine groups is 1. The van der Waals surface area contributed by atoms with Gasteiger partial charge in [0, 0.05) is 25.2 Å². The topological polar surface area (TPSA) is 78.4 Å². The van der Waals surface area contributed by atoms with Crippen LogP contribution in [0.25, 0.3) is 0 Å². The number of pyridine rings is 1. The highest BCUT2D eigenvalue weighted by atomic mass is 127. The number of aromatic nitrogens is 1. The van der Waals surface area contributed by atoms with Gasteiger partial charge in [0.15, 0.2) is 5.96 Å². The summed E-state index contributed by atoms with van der Waals surface area (Å²) in [6.07, 6.45) is 0.337. The molecule has 0 aliphatic heterocycles. The van der Waals surface area contributed by atoms with E-state index in [1.807, 2.05) is 26.0 Å². The number of halogens is 1. The Balaban J connectivity index is 0.00000392. The first-order chi connectivity index (χ1) is 13.0. The Bertz CT molecular complexity index is 807. The molecule has 0 saturated carbocycles. The summed E-state index contributed by atoms with van der Waals surface area (Å²) in [5.74, 6) is 1.21. The van der Waals surface area contributed by atoms with Gasteiger partial charge in [-0.2, -0.15) is 0 Å². The van der Waals surface area contributed by atoms with Gasteiger partial charge in [0.1, 0.15) is 5.82 Å². The first kappa shape index (κ1) is 23.9. The number of aryl methyl sites for hydroxylation is 3. The Morgan fingerprint density at radius 2 is 1.89 bits per heavy atom. The van der Waals surface area contributed by atoms with Crippen LogP contribution in [0.15, 0.2) is 41.4 Å². The molecule has 0 atom stereocenters. The number of rotatable bonds is 7. The molecular formula is C21H30IN5O. The van der Waals surface area contributed by atoms with Crippen molar-refractivity contribution in [2.24, 2.45) is 4.99 Å². The molecule has 1 aromatic carbocycles. The van der Waals surface area contributed by atoms with E-state index in [1.165, 1.54) is 16.7 Å². The zero-order valence-corrected chi connectivity index (χ0v) is 19.3. The second-order valence-electron chi connectivity index (χ2n) is 6.51. The van der Waals surface area contributed by atoms with Crippen molar-refractivity contribution < 1.29 is 4.79 Å². The lowest BCUT2D eigenvalue weighted by Crippen LogP contribution is -2.38. The molecule has 0 saturated heterocycles. The maximum Gasteiger partial charge on any atom is 0.227 e. The molecule has 7 heteroatoms. The lowest BCUT2D eigenvalue weighted by molar-refractivity contribution is -0.116. The van der Waals surface area contributed by atoms with Crippen LogP contribution in [0.3, 0.4) is 0 Å². The number of nitrogens with one attached hydrogen (secondary N) is 3. The van der Waals surface area contributed by atoms with Gasteiger partial charge >= 0.3 is 0 Å². The highest BCUT2D eigenvalue weighted by molar-refractivity contribution is 14.0. The van der Waals surface area contributed by atoms with Crippen LogP contribution in [0, 0.1) is 20.8 Å². The highest BCUT2D eigenvalue weighted by Crippen LogP contribution is 2.11. The minimum atomic E-state index is -0.0779. The van der Waals surface area contributed by atoms with Crippen molar-refractivity contribution in [1.29, 1.82) is 0 Å². The van der Waals surface area contributed by atoms with E-state index in [2.05, 4.69) is 58.0 Å². The van der Waals surface area contributed by atoms with Gasteiger partial charge in [-0.3, -0.25) is 4.79 Å². The maximum absolute atomic E-state index is 12.1. The summed E-state index contributed by atoms with van der Waals surface area (Å²) in [7, 11) is 0. The maximum atomic E-state index is 12.1. The van der Waals surface area contributed by atoms with Crippen molar-refractivity contribution in [1.82, 2.24) is 15.6 Å². The Morgan fingerprint density at radius 3 is 2.57 bits per heavy atom. The van der Waals surface area contributed by atoms with Crippen molar-refractivity contribution in [2.45, 2.75) is 40.7 Å². The molecule has 0 bridgehead atoms. The van der Waals surface area contributed by atoms with Crippen LogP contribution >= 0.6 is 24.0 Å². The van der Waals surface area contributed by atoms with Crippen LogP contribution in [0.5, 0.6) is 0 Å². The smallest absolute Gasteiger partial charge is 0.227 e. The number of aliphatic imine (C=N–C) groups is 1. The van der Waals surface area contributed by atoms with Crippen molar-refractivity contribution >= 4 is 41.7 Å². The fourth-order valence-corrected chi connectivity index (χ4v) is 2.64. The molecule has 2 aromatic rings. The molecule has 3 N–H and O–H groups in total. The van der Waals surface area contributed by atoms with Gasteiger partial charge in [-0.05, 0) is 51.0 Å². The van der Waals surface area contributed by atoms with Crippen molar-refractivity contribution in [3.63, 3.8) is 0 Å². The predicted octanol–water partition coefficient (Wildman–Crippen LogP) is 3.71. The van der Waals surface area contributed by atoms with E-state index in [0.29, 0.717) is 31.3 Å². The van der Waals surface area contributed by atoms with Crippen LogP contribution in [0.2, 0.25) is 0 Å². The zero-order valence-electron chi connectivity index (χ0n) is 17.0. The SMILES string of the molecule is CCNC(=NCc1ccc(C)cc1C)NCCC(=O)Nc1cccc(C)n1.I. The zero-order chi connectivity index (χ0) is 19.6. The molecule has 152 valence electrons. The second-order valence-corrected chi connectivity index (χ2v) is 6.51. The molecule has 0 aliphatic rings. The predicted molar refractivity (Wildman–Crippen MR) is 126 cm³/mol. The summed E-state index contributed by atoms with van der Waals surface area (Å²) in [4.78, 5) is 21.0. The van der Waals surface area contributed by atoms with Crippen molar-refractivity contribution in [2.75, 3.05) is 18.4 Å². The first-order valence-electron chi connectivity index (χ1n) is 9.29. The van der Waals surface area contributed by atoms with E-state index in [4.69, 9.17) is 0 Å². The number of hydrogen-bond donors (Lipinski definition) is 3. The minimum Gasteiger partial charge on any atom is -0.357 e. The van der Waals surface area contributed by atoms with Crippen LogP contribution in [0.1, 0.15) is 35.7 Å². The minimum absolute atomic E-state index is 0. The Morgan fingerprint density at radius 1 is 1.11 bits per heavy atom. The van der Waals surface area contributed by atoms with Gasteiger partial charge in [-0.1, -0.05) is 29.8 Å². The van der Waals surface area contributed by atoms with E-state index in [-0.39, 0.29) is 29.9 Å². The first-order valence-corrected chi connectivity index (χ1v) is 9.29. The van der Waals surface area contributed by atoms with Crippen molar-refractivity contribution in [3.8, 4) is 0 Å². The van der Waals surface area contributed by atoms with Gasteiger partial charge < -0.3 is 16.0 Å². The van der Waals surface area contributed by atoms with Gasteiger partial charge in [0.25, 0.3) is 0 Å². The van der Waals surface area contributed by atoms with Gasteiger partial charge in [0.2, 0.25) is 5.91 Å². The highest BCUT2D eigenvalue weighted by Gasteiger charge is 2.05. The van der Waals surface area contributed by atoms with Gasteiger partial charge in [0.05, 0.1) is 6.54 Å². The number of anilines is 1. The summed E-state index contributed by atoms with van der Waals surface area (Å²) in [5.41, 5.74) is 4.55. The molecule has 0 fully saturated rings. The number of amides is 1. The number of hydrogen-bond acceptors (Lipinski definition) is 3. The number of carbonyl (C=O) groups is 1. The molecule has 28 heavy (non-hydrogen) atoms. The number of carbonyl (C=O) groups excluding carboxylic acids is 1. The molecule has 1 heterocycles. The average molecular weight is 495 g/mol. The fourth-order valence-electron chi connectivity index (χ4n) is 2.64. The summed E-state index contributed by atoms with van der Waals surface area (Å²) in [6.45, 7) is 9.96. The molecule has 2 rings (SSSR count). The second kappa shape index (κ2) is 12.3. The van der Waals surface area contributed by atoms with E-state index < -0.39 is 0 Å². The van der Waals surface area contributed by atoms with Crippen LogP contribution in [-0.2, 0) is 11.3 Å². The molecule has 0 aliphatic carbocycles. The molecular weight excluding hydrogens is 465 g/mol. The summed E-state index contributed by atoms with van der Waals surface area (Å²) in [5, 5.41) is 9.23. The quantitative estimate of drug-likeness (QED) is 0.311. The lowest BCUT2D eigenvalue weighted by atomic mass is 10.1. The number of nitrogens with zero attached hydrogens (tertiary/aromatic N) is 2. The third kappa shape index (κ3) is 8.24. The Labute approximate surface area is 184 Å². The van der Waals surface area contributed by atoms with E-state index in [0.717, 1.165) is 12.2 Å². The number of benzene rings is 1. The normalized spacial score (nSPS) is 10.8. The molecule has 0 radical (unpaired) electrons. The molecule has 0 unspecified atom stereocenters. The Hall–Kier alpha value is -2.16. The average Bonchev–Trinajstić information content (AvgIpc) is 2.61. The largest absolute Gasteiger partial charge is 0.357 e. The van der Waals surface area contributed by atoms with E-state index >= 15 is 0 Å². The van der Waals surface area contributed by atoms with E-state index in [9.17, 15) is 4.79 Å². The summed E-state index contributed by atoms with van der Waals surface area (Å²) >= 11 is 0. The molecule has 0 spiro atoms. The molecule has 1 amide bonds. The van der Waals surface area contributed by atoms with E-state index in [1.54, 1.807) is 6.07 Å². The summed E-state index contributed by atoms with van der Waals surface area (Å²) < 4.78 is 0. The molecule has 6 nitrogen and oxygen atoms in total. The van der Waals surface area contributed by atoms with Crippen LogP contribution in [0.4, 0.5) is 5.82 Å². The van der Waals surface area contributed by atoms with Crippen molar-refractivity contribution in [3.05, 3.63) is 58.8 Å². The molecule has 1 aromatic heterocycles.